The second-order valence-corrected chi connectivity index (χ2v) is 6.72. The SMILES string of the molecule is CC1CCCN1c1nc2cc(C(=O)O)ccc2nc1-c1ccc(F)c(F)c1. The van der Waals surface area contributed by atoms with Crippen molar-refractivity contribution in [2.24, 2.45) is 0 Å². The first-order valence-electron chi connectivity index (χ1n) is 8.71. The summed E-state index contributed by atoms with van der Waals surface area (Å²) in [5, 5.41) is 9.22. The number of carboxylic acids is 1. The van der Waals surface area contributed by atoms with Gasteiger partial charge in [0.1, 0.15) is 5.69 Å². The number of fused-ring (bicyclic) bond motifs is 1. The van der Waals surface area contributed by atoms with Crippen LogP contribution in [0.5, 0.6) is 0 Å². The van der Waals surface area contributed by atoms with Crippen molar-refractivity contribution in [3.05, 3.63) is 53.6 Å². The van der Waals surface area contributed by atoms with Crippen LogP contribution in [0.4, 0.5) is 14.6 Å². The van der Waals surface area contributed by atoms with Gasteiger partial charge >= 0.3 is 5.97 Å². The molecule has 7 heteroatoms. The first-order valence-corrected chi connectivity index (χ1v) is 8.71. The van der Waals surface area contributed by atoms with Crippen molar-refractivity contribution in [3.63, 3.8) is 0 Å². The van der Waals surface area contributed by atoms with E-state index >= 15 is 0 Å². The smallest absolute Gasteiger partial charge is 0.335 e. The fourth-order valence-electron chi connectivity index (χ4n) is 3.46. The average molecular weight is 369 g/mol. The van der Waals surface area contributed by atoms with Gasteiger partial charge in [-0.15, -0.1) is 0 Å². The number of halogens is 2. The summed E-state index contributed by atoms with van der Waals surface area (Å²) in [6.45, 7) is 2.85. The largest absolute Gasteiger partial charge is 0.478 e. The lowest BCUT2D eigenvalue weighted by Crippen LogP contribution is -2.28. The molecule has 0 radical (unpaired) electrons. The molecule has 2 aromatic carbocycles. The molecule has 2 heterocycles. The van der Waals surface area contributed by atoms with Gasteiger partial charge in [-0.25, -0.2) is 23.5 Å². The highest BCUT2D eigenvalue weighted by Crippen LogP contribution is 2.34. The Morgan fingerprint density at radius 3 is 2.59 bits per heavy atom. The first-order chi connectivity index (χ1) is 12.9. The second-order valence-electron chi connectivity index (χ2n) is 6.72. The highest BCUT2D eigenvalue weighted by Gasteiger charge is 2.26. The molecule has 1 saturated heterocycles. The summed E-state index contributed by atoms with van der Waals surface area (Å²) >= 11 is 0. The number of anilines is 1. The maximum atomic E-state index is 13.8. The van der Waals surface area contributed by atoms with Crippen molar-refractivity contribution in [1.82, 2.24) is 9.97 Å². The lowest BCUT2D eigenvalue weighted by molar-refractivity contribution is 0.0697. The molecule has 27 heavy (non-hydrogen) atoms. The number of carbonyl (C=O) groups is 1. The highest BCUT2D eigenvalue weighted by atomic mass is 19.2. The molecule has 1 fully saturated rings. The molecule has 138 valence electrons. The number of nitrogens with zero attached hydrogens (tertiary/aromatic N) is 3. The van der Waals surface area contributed by atoms with Gasteiger partial charge in [0, 0.05) is 18.2 Å². The van der Waals surface area contributed by atoms with Crippen LogP contribution in [0, 0.1) is 11.6 Å². The quantitative estimate of drug-likeness (QED) is 0.747. The van der Waals surface area contributed by atoms with Crippen LogP contribution in [0.1, 0.15) is 30.1 Å². The molecule has 1 N–H and O–H groups in total. The zero-order chi connectivity index (χ0) is 19.1. The van der Waals surface area contributed by atoms with E-state index in [4.69, 9.17) is 0 Å². The predicted molar refractivity (Wildman–Crippen MR) is 97.9 cm³/mol. The zero-order valence-corrected chi connectivity index (χ0v) is 14.6. The summed E-state index contributed by atoms with van der Waals surface area (Å²) in [5.41, 5.74) is 1.96. The lowest BCUT2D eigenvalue weighted by Gasteiger charge is -2.25. The van der Waals surface area contributed by atoms with Gasteiger partial charge in [-0.1, -0.05) is 0 Å². The Labute approximate surface area is 154 Å². The number of hydrogen-bond donors (Lipinski definition) is 1. The minimum atomic E-state index is -1.04. The molecule has 0 spiro atoms. The second kappa shape index (κ2) is 6.57. The molecule has 0 aliphatic carbocycles. The molecule has 1 unspecified atom stereocenters. The van der Waals surface area contributed by atoms with Crippen molar-refractivity contribution in [2.75, 3.05) is 11.4 Å². The van der Waals surface area contributed by atoms with Crippen molar-refractivity contribution in [2.45, 2.75) is 25.8 Å². The molecule has 4 rings (SSSR count). The molecule has 5 nitrogen and oxygen atoms in total. The number of carboxylic acid groups (broad SMARTS) is 1. The Kier molecular flexibility index (Phi) is 4.22. The molecular formula is C20H17F2N3O2. The third kappa shape index (κ3) is 3.09. The van der Waals surface area contributed by atoms with Crippen LogP contribution < -0.4 is 4.90 Å². The van der Waals surface area contributed by atoms with Gasteiger partial charge in [-0.2, -0.15) is 0 Å². The Balaban J connectivity index is 1.95. The lowest BCUT2D eigenvalue weighted by atomic mass is 10.1. The van der Waals surface area contributed by atoms with E-state index in [1.807, 2.05) is 0 Å². The minimum absolute atomic E-state index is 0.123. The molecule has 0 amide bonds. The molecule has 1 aromatic heterocycles. The van der Waals surface area contributed by atoms with Gasteiger partial charge in [-0.05, 0) is 56.2 Å². The van der Waals surface area contributed by atoms with E-state index in [-0.39, 0.29) is 11.6 Å². The van der Waals surface area contributed by atoms with Gasteiger partial charge in [0.25, 0.3) is 0 Å². The Hall–Kier alpha value is -3.09. The van der Waals surface area contributed by atoms with Crippen LogP contribution in [0.3, 0.4) is 0 Å². The number of aromatic nitrogens is 2. The minimum Gasteiger partial charge on any atom is -0.478 e. The average Bonchev–Trinajstić information content (AvgIpc) is 3.08. The summed E-state index contributed by atoms with van der Waals surface area (Å²) in [6, 6.07) is 8.39. The number of hydrogen-bond acceptors (Lipinski definition) is 4. The zero-order valence-electron chi connectivity index (χ0n) is 14.6. The van der Waals surface area contributed by atoms with Gasteiger partial charge in [0.05, 0.1) is 16.6 Å². The van der Waals surface area contributed by atoms with Crippen LogP contribution in [0.2, 0.25) is 0 Å². The number of aromatic carboxylic acids is 1. The third-order valence-electron chi connectivity index (χ3n) is 4.91. The van der Waals surface area contributed by atoms with Crippen molar-refractivity contribution < 1.29 is 18.7 Å². The third-order valence-corrected chi connectivity index (χ3v) is 4.91. The van der Waals surface area contributed by atoms with Crippen molar-refractivity contribution in [1.29, 1.82) is 0 Å². The Bertz CT molecular complexity index is 1050. The summed E-state index contributed by atoms with van der Waals surface area (Å²) < 4.78 is 27.2. The van der Waals surface area contributed by atoms with Crippen LogP contribution in [-0.2, 0) is 0 Å². The van der Waals surface area contributed by atoms with E-state index in [1.165, 1.54) is 18.2 Å². The highest BCUT2D eigenvalue weighted by molar-refractivity contribution is 5.93. The van der Waals surface area contributed by atoms with E-state index in [1.54, 1.807) is 6.07 Å². The van der Waals surface area contributed by atoms with Gasteiger partial charge in [-0.3, -0.25) is 0 Å². The maximum Gasteiger partial charge on any atom is 0.335 e. The Morgan fingerprint density at radius 1 is 1.11 bits per heavy atom. The fraction of sp³-hybridized carbons (Fsp3) is 0.250. The summed E-state index contributed by atoms with van der Waals surface area (Å²) in [5.74, 6) is -2.36. The van der Waals surface area contributed by atoms with E-state index in [0.717, 1.165) is 31.5 Å². The summed E-state index contributed by atoms with van der Waals surface area (Å²) in [6.07, 6.45) is 1.99. The van der Waals surface area contributed by atoms with E-state index in [9.17, 15) is 18.7 Å². The van der Waals surface area contributed by atoms with Crippen LogP contribution in [-0.4, -0.2) is 33.6 Å². The first kappa shape index (κ1) is 17.3. The van der Waals surface area contributed by atoms with Gasteiger partial charge < -0.3 is 10.0 Å². The maximum absolute atomic E-state index is 13.8. The van der Waals surface area contributed by atoms with Crippen LogP contribution >= 0.6 is 0 Å². The van der Waals surface area contributed by atoms with E-state index in [0.29, 0.717) is 28.1 Å². The van der Waals surface area contributed by atoms with Crippen LogP contribution in [0.15, 0.2) is 36.4 Å². The van der Waals surface area contributed by atoms with E-state index < -0.39 is 17.6 Å². The van der Waals surface area contributed by atoms with Gasteiger partial charge in [0.15, 0.2) is 17.5 Å². The molecule has 0 saturated carbocycles. The van der Waals surface area contributed by atoms with Crippen LogP contribution in [0.25, 0.3) is 22.3 Å². The summed E-state index contributed by atoms with van der Waals surface area (Å²) in [4.78, 5) is 22.6. The molecule has 1 aliphatic heterocycles. The fourth-order valence-corrected chi connectivity index (χ4v) is 3.46. The Morgan fingerprint density at radius 2 is 1.93 bits per heavy atom. The molecule has 0 bridgehead atoms. The molecular weight excluding hydrogens is 352 g/mol. The number of benzene rings is 2. The normalized spacial score (nSPS) is 16.9. The van der Waals surface area contributed by atoms with Crippen molar-refractivity contribution >= 4 is 22.8 Å². The number of rotatable bonds is 3. The molecule has 1 atom stereocenters. The predicted octanol–water partition coefficient (Wildman–Crippen LogP) is 4.26. The molecule has 3 aromatic rings. The van der Waals surface area contributed by atoms with Crippen molar-refractivity contribution in [3.8, 4) is 11.3 Å². The van der Waals surface area contributed by atoms with E-state index in [2.05, 4.69) is 21.8 Å². The van der Waals surface area contributed by atoms with Gasteiger partial charge in [0.2, 0.25) is 0 Å². The standard InChI is InChI=1S/C20H17F2N3O2/c1-11-3-2-8-25(11)19-18(12-4-6-14(21)15(22)9-12)23-16-7-5-13(20(26)27)10-17(16)24-19/h4-7,9-11H,2-3,8H2,1H3,(H,26,27). The monoisotopic (exact) mass is 369 g/mol. The molecule has 1 aliphatic rings. The summed E-state index contributed by atoms with van der Waals surface area (Å²) in [7, 11) is 0. The topological polar surface area (TPSA) is 66.3 Å².